The Morgan fingerprint density at radius 1 is 1.48 bits per heavy atom. The van der Waals surface area contributed by atoms with E-state index in [1.165, 1.54) is 12.3 Å². The van der Waals surface area contributed by atoms with Crippen LogP contribution in [-0.2, 0) is 9.53 Å². The molecule has 0 aromatic carbocycles. The van der Waals surface area contributed by atoms with Crippen molar-refractivity contribution < 1.29 is 24.5 Å². The summed E-state index contributed by atoms with van der Waals surface area (Å²) in [6.45, 7) is 6.57. The zero-order valence-corrected chi connectivity index (χ0v) is 14.5. The van der Waals surface area contributed by atoms with Gasteiger partial charge >= 0.3 is 0 Å². The molecule has 3 heterocycles. The molecule has 2 aliphatic heterocycles. The van der Waals surface area contributed by atoms with Crippen LogP contribution < -0.4 is 5.32 Å². The van der Waals surface area contributed by atoms with Crippen LogP contribution in [0.4, 0.5) is 0 Å². The Morgan fingerprint density at radius 3 is 2.84 bits per heavy atom. The van der Waals surface area contributed by atoms with Crippen LogP contribution >= 0.6 is 0 Å². The van der Waals surface area contributed by atoms with Gasteiger partial charge in [-0.25, -0.2) is 4.98 Å². The second kappa shape index (κ2) is 8.77. The smallest absolute Gasteiger partial charge is 0.290 e. The van der Waals surface area contributed by atoms with Crippen molar-refractivity contribution in [3.8, 4) is 5.75 Å². The first-order chi connectivity index (χ1) is 12.0. The van der Waals surface area contributed by atoms with Gasteiger partial charge in [-0.15, -0.1) is 0 Å². The first kappa shape index (κ1) is 19.1. The van der Waals surface area contributed by atoms with Gasteiger partial charge in [0.2, 0.25) is 0 Å². The Morgan fingerprint density at radius 2 is 2.20 bits per heavy atom. The molecule has 0 aliphatic carbocycles. The number of aromatic nitrogens is 1. The van der Waals surface area contributed by atoms with Crippen molar-refractivity contribution in [1.82, 2.24) is 15.2 Å². The van der Waals surface area contributed by atoms with E-state index < -0.39 is 0 Å². The number of aromatic hydroxyl groups is 1. The highest BCUT2D eigenvalue weighted by Gasteiger charge is 2.38. The van der Waals surface area contributed by atoms with Gasteiger partial charge in [-0.2, -0.15) is 0 Å². The number of fused-ring (bicyclic) bond motifs is 1. The van der Waals surface area contributed by atoms with Gasteiger partial charge in [0.25, 0.3) is 12.4 Å². The van der Waals surface area contributed by atoms with Crippen LogP contribution in [-0.4, -0.2) is 70.4 Å². The van der Waals surface area contributed by atoms with E-state index >= 15 is 0 Å². The molecule has 0 bridgehead atoms. The SMILES string of the molecule is CC(C)[C@@H]1CN2C[C@H](NC(=O)c3ncccc3O)C[C@H]2CO1.O=CO. The predicted molar refractivity (Wildman–Crippen MR) is 90.4 cm³/mol. The van der Waals surface area contributed by atoms with Gasteiger partial charge < -0.3 is 20.3 Å². The van der Waals surface area contributed by atoms with Gasteiger partial charge in [0.15, 0.2) is 5.69 Å². The fourth-order valence-corrected chi connectivity index (χ4v) is 3.23. The standard InChI is InChI=1S/C16H23N3O3.CH2O2/c1-10(2)14-8-19-7-11(6-12(19)9-22-14)18-16(21)15-13(20)4-3-5-17-15;2-1-3/h3-5,10-12,14,20H,6-9H2,1-2H3,(H,18,21);1H,(H,2,3)/t11-,12+,14+;/m1./s1. The predicted octanol–water partition coefficient (Wildman–Crippen LogP) is 0.715. The number of pyridine rings is 1. The number of nitrogens with one attached hydrogen (secondary N) is 1. The average molecular weight is 351 g/mol. The van der Waals surface area contributed by atoms with Crippen LogP contribution in [0.2, 0.25) is 0 Å². The lowest BCUT2D eigenvalue weighted by Crippen LogP contribution is -2.48. The Kier molecular flexibility index (Phi) is 6.72. The van der Waals surface area contributed by atoms with Crippen LogP contribution in [0.15, 0.2) is 18.3 Å². The molecule has 138 valence electrons. The topological polar surface area (TPSA) is 112 Å². The molecule has 3 rings (SSSR count). The second-order valence-electron chi connectivity index (χ2n) is 6.61. The molecule has 1 aromatic rings. The summed E-state index contributed by atoms with van der Waals surface area (Å²) in [4.78, 5) is 26.9. The maximum absolute atomic E-state index is 12.2. The van der Waals surface area contributed by atoms with Crippen molar-refractivity contribution >= 4 is 12.4 Å². The molecule has 3 N–H and O–H groups in total. The molecule has 2 saturated heterocycles. The number of hydrogen-bond acceptors (Lipinski definition) is 6. The molecule has 8 nitrogen and oxygen atoms in total. The van der Waals surface area contributed by atoms with Crippen molar-refractivity contribution in [3.63, 3.8) is 0 Å². The number of rotatable bonds is 3. The van der Waals surface area contributed by atoms with Crippen molar-refractivity contribution in [2.24, 2.45) is 5.92 Å². The van der Waals surface area contributed by atoms with E-state index in [9.17, 15) is 9.90 Å². The Hall–Kier alpha value is -2.19. The summed E-state index contributed by atoms with van der Waals surface area (Å²) in [6.07, 6.45) is 2.66. The molecule has 1 aromatic heterocycles. The van der Waals surface area contributed by atoms with Crippen LogP contribution in [0.5, 0.6) is 5.75 Å². The van der Waals surface area contributed by atoms with Crippen molar-refractivity contribution in [3.05, 3.63) is 24.0 Å². The minimum Gasteiger partial charge on any atom is -0.505 e. The van der Waals surface area contributed by atoms with Crippen LogP contribution in [0.1, 0.15) is 30.8 Å². The minimum atomic E-state index is -0.315. The van der Waals surface area contributed by atoms with Crippen LogP contribution in [0, 0.1) is 5.92 Å². The lowest BCUT2D eigenvalue weighted by Gasteiger charge is -2.36. The largest absolute Gasteiger partial charge is 0.505 e. The molecule has 2 fully saturated rings. The Labute approximate surface area is 146 Å². The van der Waals surface area contributed by atoms with E-state index in [1.54, 1.807) is 6.07 Å². The number of amides is 1. The molecule has 25 heavy (non-hydrogen) atoms. The molecule has 8 heteroatoms. The van der Waals surface area contributed by atoms with Crippen LogP contribution in [0.3, 0.4) is 0 Å². The number of carbonyl (C=O) groups excluding carboxylic acids is 1. The number of ether oxygens (including phenoxy) is 1. The molecule has 1 amide bonds. The molecule has 0 radical (unpaired) electrons. The quantitative estimate of drug-likeness (QED) is 0.688. The first-order valence-corrected chi connectivity index (χ1v) is 8.34. The zero-order valence-electron chi connectivity index (χ0n) is 14.5. The fraction of sp³-hybridized carbons (Fsp3) is 0.588. The van der Waals surface area contributed by atoms with E-state index in [2.05, 4.69) is 29.0 Å². The van der Waals surface area contributed by atoms with Gasteiger partial charge in [0.05, 0.1) is 12.7 Å². The van der Waals surface area contributed by atoms with E-state index in [1.807, 2.05) is 0 Å². The maximum atomic E-state index is 12.2. The third kappa shape index (κ3) is 4.90. The van der Waals surface area contributed by atoms with Crippen LogP contribution in [0.25, 0.3) is 0 Å². The van der Waals surface area contributed by atoms with Crippen molar-refractivity contribution in [2.45, 2.75) is 38.5 Å². The summed E-state index contributed by atoms with van der Waals surface area (Å²) < 4.78 is 5.90. The molecular formula is C17H25N3O5. The summed E-state index contributed by atoms with van der Waals surface area (Å²) in [7, 11) is 0. The highest BCUT2D eigenvalue weighted by molar-refractivity contribution is 5.94. The molecular weight excluding hydrogens is 326 g/mol. The van der Waals surface area contributed by atoms with E-state index in [4.69, 9.17) is 14.6 Å². The van der Waals surface area contributed by atoms with Gasteiger partial charge in [-0.3, -0.25) is 14.5 Å². The Balaban J connectivity index is 0.000000701. The number of carboxylic acid groups (broad SMARTS) is 1. The number of nitrogens with zero attached hydrogens (tertiary/aromatic N) is 2. The molecule has 3 atom stereocenters. The number of carbonyl (C=O) groups is 2. The number of hydrogen-bond donors (Lipinski definition) is 3. The van der Waals surface area contributed by atoms with Gasteiger partial charge in [-0.05, 0) is 24.5 Å². The van der Waals surface area contributed by atoms with Gasteiger partial charge in [0.1, 0.15) is 5.75 Å². The lowest BCUT2D eigenvalue weighted by atomic mass is 10.0. The summed E-state index contributed by atoms with van der Waals surface area (Å²) >= 11 is 0. The first-order valence-electron chi connectivity index (χ1n) is 8.34. The highest BCUT2D eigenvalue weighted by Crippen LogP contribution is 2.26. The van der Waals surface area contributed by atoms with Crippen molar-refractivity contribution in [2.75, 3.05) is 19.7 Å². The number of morpholine rings is 1. The summed E-state index contributed by atoms with van der Waals surface area (Å²) in [5.41, 5.74) is 0.0867. The normalized spacial score (nSPS) is 25.6. The Bertz CT molecular complexity index is 595. The van der Waals surface area contributed by atoms with Crippen molar-refractivity contribution in [1.29, 1.82) is 0 Å². The lowest BCUT2D eigenvalue weighted by molar-refractivity contribution is -0.122. The van der Waals surface area contributed by atoms with Gasteiger partial charge in [0, 0.05) is 31.4 Å². The highest BCUT2D eigenvalue weighted by atomic mass is 16.5. The van der Waals surface area contributed by atoms with E-state index in [0.29, 0.717) is 12.0 Å². The zero-order chi connectivity index (χ0) is 18.4. The minimum absolute atomic E-state index is 0.0772. The van der Waals surface area contributed by atoms with E-state index in [-0.39, 0.29) is 36.0 Å². The second-order valence-corrected chi connectivity index (χ2v) is 6.61. The maximum Gasteiger partial charge on any atom is 0.290 e. The fourth-order valence-electron chi connectivity index (χ4n) is 3.23. The third-order valence-corrected chi connectivity index (χ3v) is 4.53. The average Bonchev–Trinajstić information content (AvgIpc) is 2.97. The molecule has 0 unspecified atom stereocenters. The monoisotopic (exact) mass is 351 g/mol. The summed E-state index contributed by atoms with van der Waals surface area (Å²) in [5, 5.41) is 19.6. The molecule has 2 aliphatic rings. The molecule has 0 saturated carbocycles. The van der Waals surface area contributed by atoms with Gasteiger partial charge in [-0.1, -0.05) is 13.8 Å². The summed E-state index contributed by atoms with van der Waals surface area (Å²) in [5.74, 6) is 0.100. The van der Waals surface area contributed by atoms with E-state index in [0.717, 1.165) is 26.1 Å². The molecule has 0 spiro atoms. The third-order valence-electron chi connectivity index (χ3n) is 4.53. The summed E-state index contributed by atoms with van der Waals surface area (Å²) in [6, 6.07) is 3.53.